The summed E-state index contributed by atoms with van der Waals surface area (Å²) in [4.78, 5) is 40.7. The van der Waals surface area contributed by atoms with Crippen LogP contribution in [-0.2, 0) is 24.2 Å². The van der Waals surface area contributed by atoms with Crippen LogP contribution in [0.4, 0.5) is 0 Å². The number of carbonyl (C=O) groups excluding carboxylic acids is 3. The third-order valence-corrected chi connectivity index (χ3v) is 7.66. The van der Waals surface area contributed by atoms with Gasteiger partial charge in [-0.25, -0.2) is 18.0 Å². The maximum absolute atomic E-state index is 13.0. The molecule has 0 radical (unpaired) electrons. The standard InChI is InChI=1S/C23H28N2O8S/c1-13-6-7-17(34(29,30)25-8-10-32-11-9-25)12-18(13)22(27)33-16(4)21(26)20-14(2)19(15(3)24-20)23(28)31-5/h6-7,12,16,24H,8-11H2,1-5H3. The van der Waals surface area contributed by atoms with Crippen molar-refractivity contribution < 1.29 is 37.0 Å². The number of aromatic amines is 1. The van der Waals surface area contributed by atoms with Crippen molar-refractivity contribution in [3.8, 4) is 0 Å². The predicted molar refractivity (Wildman–Crippen MR) is 122 cm³/mol. The summed E-state index contributed by atoms with van der Waals surface area (Å²) in [6.07, 6.45) is -1.19. The van der Waals surface area contributed by atoms with Crippen molar-refractivity contribution in [2.45, 2.75) is 38.7 Å². The average Bonchev–Trinajstić information content (AvgIpc) is 3.12. The van der Waals surface area contributed by atoms with Crippen molar-refractivity contribution in [1.82, 2.24) is 9.29 Å². The van der Waals surface area contributed by atoms with Crippen LogP contribution >= 0.6 is 0 Å². The lowest BCUT2D eigenvalue weighted by atomic mass is 10.1. The Balaban J connectivity index is 1.82. The van der Waals surface area contributed by atoms with Gasteiger partial charge in [-0.15, -0.1) is 0 Å². The SMILES string of the molecule is COC(=O)c1c(C)[nH]c(C(=O)C(C)OC(=O)c2cc(S(=O)(=O)N3CCOCC3)ccc2C)c1C. The molecule has 3 rings (SSSR count). The Labute approximate surface area is 198 Å². The van der Waals surface area contributed by atoms with E-state index in [2.05, 4.69) is 4.98 Å². The van der Waals surface area contributed by atoms with Crippen LogP contribution in [0.5, 0.6) is 0 Å². The van der Waals surface area contributed by atoms with Crippen molar-refractivity contribution in [2.24, 2.45) is 0 Å². The maximum Gasteiger partial charge on any atom is 0.339 e. The van der Waals surface area contributed by atoms with Gasteiger partial charge in [0.2, 0.25) is 15.8 Å². The molecule has 0 saturated carbocycles. The fraction of sp³-hybridized carbons (Fsp3) is 0.435. The number of hydrogen-bond acceptors (Lipinski definition) is 8. The summed E-state index contributed by atoms with van der Waals surface area (Å²) in [6, 6.07) is 4.22. The Bertz CT molecular complexity index is 1230. The minimum absolute atomic E-state index is 0.0375. The van der Waals surface area contributed by atoms with Crippen molar-refractivity contribution in [2.75, 3.05) is 33.4 Å². The quantitative estimate of drug-likeness (QED) is 0.459. The van der Waals surface area contributed by atoms with Crippen LogP contribution in [0, 0.1) is 20.8 Å². The number of rotatable bonds is 7. The van der Waals surface area contributed by atoms with E-state index < -0.39 is 33.8 Å². The zero-order valence-corrected chi connectivity index (χ0v) is 20.6. The molecule has 1 fully saturated rings. The molecule has 1 aromatic heterocycles. The molecule has 0 aliphatic carbocycles. The van der Waals surface area contributed by atoms with E-state index in [0.717, 1.165) is 0 Å². The number of benzene rings is 1. The molecular formula is C23H28N2O8S. The number of morpholine rings is 1. The zero-order valence-electron chi connectivity index (χ0n) is 19.8. The molecule has 2 heterocycles. The van der Waals surface area contributed by atoms with Gasteiger partial charge < -0.3 is 19.2 Å². The third kappa shape index (κ3) is 4.91. The molecule has 1 aromatic carbocycles. The first-order valence-corrected chi connectivity index (χ1v) is 12.1. The van der Waals surface area contributed by atoms with Gasteiger partial charge in [-0.1, -0.05) is 6.07 Å². The number of carbonyl (C=O) groups is 3. The molecular weight excluding hydrogens is 464 g/mol. The number of Topliss-reactive ketones (excluding diaryl/α,β-unsaturated/α-hetero) is 1. The highest BCUT2D eigenvalue weighted by Crippen LogP contribution is 2.23. The van der Waals surface area contributed by atoms with Crippen LogP contribution in [0.1, 0.15) is 54.9 Å². The van der Waals surface area contributed by atoms with Crippen molar-refractivity contribution >= 4 is 27.7 Å². The normalized spacial score (nSPS) is 15.6. The van der Waals surface area contributed by atoms with Gasteiger partial charge in [0.15, 0.2) is 6.10 Å². The van der Waals surface area contributed by atoms with Gasteiger partial charge in [0.1, 0.15) is 0 Å². The Morgan fingerprint density at radius 3 is 2.35 bits per heavy atom. The lowest BCUT2D eigenvalue weighted by Crippen LogP contribution is -2.40. The van der Waals surface area contributed by atoms with Crippen molar-refractivity contribution in [3.05, 3.63) is 51.8 Å². The van der Waals surface area contributed by atoms with Gasteiger partial charge in [0.25, 0.3) is 0 Å². The molecule has 1 saturated heterocycles. The fourth-order valence-corrected chi connectivity index (χ4v) is 5.24. The fourth-order valence-electron chi connectivity index (χ4n) is 3.80. The number of ketones is 1. The van der Waals surface area contributed by atoms with Crippen LogP contribution in [0.15, 0.2) is 23.1 Å². The Morgan fingerprint density at radius 2 is 1.74 bits per heavy atom. The average molecular weight is 493 g/mol. The Kier molecular flexibility index (Phi) is 7.59. The van der Waals surface area contributed by atoms with Gasteiger partial charge in [-0.05, 0) is 51.0 Å². The number of nitrogens with one attached hydrogen (secondary N) is 1. The highest BCUT2D eigenvalue weighted by molar-refractivity contribution is 7.89. The van der Waals surface area contributed by atoms with E-state index in [0.29, 0.717) is 30.0 Å². The minimum atomic E-state index is -3.81. The van der Waals surface area contributed by atoms with E-state index in [1.54, 1.807) is 20.8 Å². The number of aromatic nitrogens is 1. The van der Waals surface area contributed by atoms with Gasteiger partial charge in [0, 0.05) is 18.8 Å². The number of ether oxygens (including phenoxy) is 3. The van der Waals surface area contributed by atoms with Crippen LogP contribution in [0.2, 0.25) is 0 Å². The largest absolute Gasteiger partial charge is 0.465 e. The number of nitrogens with zero attached hydrogens (tertiary/aromatic N) is 1. The summed E-state index contributed by atoms with van der Waals surface area (Å²) < 4.78 is 42.6. The van der Waals surface area contributed by atoms with Gasteiger partial charge >= 0.3 is 11.9 Å². The first kappa shape index (κ1) is 25.6. The first-order valence-electron chi connectivity index (χ1n) is 10.7. The molecule has 11 heteroatoms. The summed E-state index contributed by atoms with van der Waals surface area (Å²) in [7, 11) is -2.57. The molecule has 0 spiro atoms. The molecule has 1 aliphatic rings. The van der Waals surface area contributed by atoms with E-state index in [4.69, 9.17) is 14.2 Å². The molecule has 1 unspecified atom stereocenters. The summed E-state index contributed by atoms with van der Waals surface area (Å²) in [6.45, 7) is 7.35. The van der Waals surface area contributed by atoms with E-state index in [1.807, 2.05) is 0 Å². The Hall–Kier alpha value is -3.02. The number of aryl methyl sites for hydroxylation is 2. The lowest BCUT2D eigenvalue weighted by Gasteiger charge is -2.26. The second-order valence-electron chi connectivity index (χ2n) is 8.02. The predicted octanol–water partition coefficient (Wildman–Crippen LogP) is 2.18. The molecule has 0 amide bonds. The number of methoxy groups -OCH3 is 1. The molecule has 34 heavy (non-hydrogen) atoms. The molecule has 1 atom stereocenters. The molecule has 1 N–H and O–H groups in total. The van der Waals surface area contributed by atoms with Crippen LogP contribution in [0.3, 0.4) is 0 Å². The maximum atomic E-state index is 13.0. The van der Waals surface area contributed by atoms with Crippen molar-refractivity contribution in [3.63, 3.8) is 0 Å². The lowest BCUT2D eigenvalue weighted by molar-refractivity contribution is 0.0315. The molecule has 1 aliphatic heterocycles. The summed E-state index contributed by atoms with van der Waals surface area (Å²) in [5, 5.41) is 0. The molecule has 2 aromatic rings. The second-order valence-corrected chi connectivity index (χ2v) is 9.96. The monoisotopic (exact) mass is 492 g/mol. The van der Waals surface area contributed by atoms with Crippen LogP contribution in [-0.4, -0.2) is 74.9 Å². The molecule has 10 nitrogen and oxygen atoms in total. The Morgan fingerprint density at radius 1 is 1.09 bits per heavy atom. The second kappa shape index (κ2) is 10.1. The number of sulfonamides is 1. The topological polar surface area (TPSA) is 132 Å². The number of H-pyrrole nitrogens is 1. The van der Waals surface area contributed by atoms with E-state index >= 15 is 0 Å². The number of hydrogen-bond donors (Lipinski definition) is 1. The van der Waals surface area contributed by atoms with Gasteiger partial charge in [-0.3, -0.25) is 4.79 Å². The zero-order chi connectivity index (χ0) is 25.2. The van der Waals surface area contributed by atoms with E-state index in [-0.39, 0.29) is 34.8 Å². The summed E-state index contributed by atoms with van der Waals surface area (Å²) in [5.74, 6) is -1.94. The third-order valence-electron chi connectivity index (χ3n) is 5.76. The highest BCUT2D eigenvalue weighted by atomic mass is 32.2. The van der Waals surface area contributed by atoms with Gasteiger partial charge in [-0.2, -0.15) is 4.31 Å². The van der Waals surface area contributed by atoms with Crippen molar-refractivity contribution in [1.29, 1.82) is 0 Å². The molecule has 0 bridgehead atoms. The number of esters is 2. The van der Waals surface area contributed by atoms with Gasteiger partial charge in [0.05, 0.1) is 42.0 Å². The highest BCUT2D eigenvalue weighted by Gasteiger charge is 2.30. The smallest absolute Gasteiger partial charge is 0.339 e. The molecule has 184 valence electrons. The minimum Gasteiger partial charge on any atom is -0.465 e. The summed E-state index contributed by atoms with van der Waals surface area (Å²) in [5.41, 5.74) is 1.80. The van der Waals surface area contributed by atoms with Crippen LogP contribution < -0.4 is 0 Å². The van der Waals surface area contributed by atoms with E-state index in [1.165, 1.54) is 36.5 Å². The van der Waals surface area contributed by atoms with Crippen LogP contribution in [0.25, 0.3) is 0 Å². The van der Waals surface area contributed by atoms with E-state index in [9.17, 15) is 22.8 Å². The summed E-state index contributed by atoms with van der Waals surface area (Å²) >= 11 is 0. The first-order chi connectivity index (χ1) is 16.0.